The van der Waals surface area contributed by atoms with Gasteiger partial charge in [0.2, 0.25) is 10.0 Å². The van der Waals surface area contributed by atoms with Crippen LogP contribution in [0.15, 0.2) is 23.1 Å². The molecule has 0 saturated carbocycles. The molecule has 0 aromatic heterocycles. The molecule has 1 aliphatic rings. The van der Waals surface area contributed by atoms with Crippen molar-refractivity contribution in [2.75, 3.05) is 26.2 Å². The third kappa shape index (κ3) is 4.89. The van der Waals surface area contributed by atoms with Gasteiger partial charge in [-0.3, -0.25) is 4.79 Å². The van der Waals surface area contributed by atoms with Crippen LogP contribution in [-0.2, 0) is 10.0 Å². The molecule has 0 unspecified atom stereocenters. The van der Waals surface area contributed by atoms with Crippen molar-refractivity contribution in [1.82, 2.24) is 9.21 Å². The van der Waals surface area contributed by atoms with Crippen LogP contribution in [0.3, 0.4) is 0 Å². The van der Waals surface area contributed by atoms with Gasteiger partial charge >= 0.3 is 6.18 Å². The number of amides is 1. The van der Waals surface area contributed by atoms with E-state index in [1.54, 1.807) is 0 Å². The van der Waals surface area contributed by atoms with E-state index < -0.39 is 28.7 Å². The summed E-state index contributed by atoms with van der Waals surface area (Å²) in [6, 6.07) is 3.53. The van der Waals surface area contributed by atoms with E-state index in [4.69, 9.17) is 11.6 Å². The highest BCUT2D eigenvalue weighted by Crippen LogP contribution is 2.28. The maximum absolute atomic E-state index is 12.8. The summed E-state index contributed by atoms with van der Waals surface area (Å²) in [7, 11) is -3.91. The lowest BCUT2D eigenvalue weighted by atomic mass is 10.2. The van der Waals surface area contributed by atoms with Crippen LogP contribution in [0.1, 0.15) is 36.5 Å². The predicted molar refractivity (Wildman–Crippen MR) is 91.7 cm³/mol. The molecule has 1 aromatic rings. The lowest BCUT2D eigenvalue weighted by Gasteiger charge is -2.27. The zero-order valence-electron chi connectivity index (χ0n) is 14.2. The highest BCUT2D eigenvalue weighted by molar-refractivity contribution is 7.89. The van der Waals surface area contributed by atoms with Gasteiger partial charge in [-0.25, -0.2) is 8.42 Å². The number of carbonyl (C=O) groups is 1. The Balaban J connectivity index is 2.35. The monoisotopic (exact) mass is 412 g/mol. The predicted octanol–water partition coefficient (Wildman–Crippen LogP) is 3.54. The van der Waals surface area contributed by atoms with Crippen molar-refractivity contribution < 1.29 is 26.4 Å². The highest BCUT2D eigenvalue weighted by Gasteiger charge is 2.34. The first-order valence-electron chi connectivity index (χ1n) is 8.22. The minimum Gasteiger partial charge on any atom is -0.330 e. The Labute approximate surface area is 155 Å². The van der Waals surface area contributed by atoms with E-state index in [0.29, 0.717) is 18.0 Å². The fourth-order valence-electron chi connectivity index (χ4n) is 2.80. The molecule has 1 heterocycles. The van der Waals surface area contributed by atoms with Crippen molar-refractivity contribution in [3.8, 4) is 0 Å². The van der Waals surface area contributed by atoms with Crippen LogP contribution in [0.2, 0.25) is 5.02 Å². The average Bonchev–Trinajstić information content (AvgIpc) is 2.59. The van der Waals surface area contributed by atoms with Crippen molar-refractivity contribution in [2.45, 2.75) is 37.3 Å². The van der Waals surface area contributed by atoms with Gasteiger partial charge in [0.1, 0.15) is 11.4 Å². The first kappa shape index (κ1) is 21.0. The molecular formula is C16H20ClF3N2O3S. The summed E-state index contributed by atoms with van der Waals surface area (Å²) < 4.78 is 64.7. The van der Waals surface area contributed by atoms with Gasteiger partial charge in [0.25, 0.3) is 5.91 Å². The summed E-state index contributed by atoms with van der Waals surface area (Å²) >= 11 is 6.01. The topological polar surface area (TPSA) is 57.7 Å². The lowest BCUT2D eigenvalue weighted by Crippen LogP contribution is -2.39. The number of carbonyl (C=O) groups excluding carboxylic acids is 1. The zero-order valence-corrected chi connectivity index (χ0v) is 15.8. The molecule has 0 atom stereocenters. The van der Waals surface area contributed by atoms with Crippen molar-refractivity contribution in [1.29, 1.82) is 0 Å². The second-order valence-corrected chi connectivity index (χ2v) is 8.36. The Morgan fingerprint density at radius 2 is 1.85 bits per heavy atom. The Morgan fingerprint density at radius 1 is 1.23 bits per heavy atom. The normalized spacial score (nSPS) is 16.5. The second-order valence-electron chi connectivity index (χ2n) is 6.04. The van der Waals surface area contributed by atoms with Crippen molar-refractivity contribution in [3.05, 3.63) is 28.8 Å². The molecular weight excluding hydrogens is 393 g/mol. The Kier molecular flexibility index (Phi) is 6.57. The van der Waals surface area contributed by atoms with E-state index in [1.807, 2.05) is 0 Å². The summed E-state index contributed by atoms with van der Waals surface area (Å²) in [5.41, 5.74) is -0.143. The molecule has 1 aromatic carbocycles. The first-order chi connectivity index (χ1) is 12.1. The Hall–Kier alpha value is -1.32. The SMILES string of the molecule is CCN(CC(F)(F)F)C(=O)c1ccc(Cl)c(S(=O)(=O)N2CCCCC2)c1. The third-order valence-electron chi connectivity index (χ3n) is 4.15. The minimum absolute atomic E-state index is 0.0639. The van der Waals surface area contributed by atoms with Gasteiger partial charge in [0, 0.05) is 25.2 Å². The molecule has 0 radical (unpaired) electrons. The number of hydrogen-bond acceptors (Lipinski definition) is 3. The number of nitrogens with zero attached hydrogens (tertiary/aromatic N) is 2. The van der Waals surface area contributed by atoms with Crippen LogP contribution in [0.4, 0.5) is 13.2 Å². The number of sulfonamides is 1. The molecule has 1 amide bonds. The minimum atomic E-state index is -4.54. The van der Waals surface area contributed by atoms with Gasteiger partial charge in [0.05, 0.1) is 5.02 Å². The summed E-state index contributed by atoms with van der Waals surface area (Å²) in [5, 5.41) is -0.0639. The van der Waals surface area contributed by atoms with Gasteiger partial charge < -0.3 is 4.90 Å². The maximum atomic E-state index is 12.8. The fraction of sp³-hybridized carbons (Fsp3) is 0.562. The van der Waals surface area contributed by atoms with Crippen molar-refractivity contribution in [3.63, 3.8) is 0 Å². The number of hydrogen-bond donors (Lipinski definition) is 0. The molecule has 0 aliphatic carbocycles. The van der Waals surface area contributed by atoms with E-state index in [-0.39, 0.29) is 22.0 Å². The molecule has 2 rings (SSSR count). The van der Waals surface area contributed by atoms with Crippen LogP contribution in [0.5, 0.6) is 0 Å². The Morgan fingerprint density at radius 3 is 2.38 bits per heavy atom. The van der Waals surface area contributed by atoms with Gasteiger partial charge in [-0.05, 0) is 38.0 Å². The van der Waals surface area contributed by atoms with Crippen LogP contribution in [-0.4, -0.2) is 55.9 Å². The van der Waals surface area contributed by atoms with E-state index in [9.17, 15) is 26.4 Å². The van der Waals surface area contributed by atoms with E-state index in [2.05, 4.69) is 0 Å². The number of halogens is 4. The maximum Gasteiger partial charge on any atom is 0.406 e. The van der Waals surface area contributed by atoms with Gasteiger partial charge in [-0.2, -0.15) is 17.5 Å². The number of alkyl halides is 3. The standard InChI is InChI=1S/C16H20ClF3N2O3S/c1-2-21(11-16(18,19)20)15(23)12-6-7-13(17)14(10-12)26(24,25)22-8-4-3-5-9-22/h6-7,10H,2-5,8-9,11H2,1H3. The molecule has 0 spiro atoms. The van der Waals surface area contributed by atoms with E-state index >= 15 is 0 Å². The fourth-order valence-corrected chi connectivity index (χ4v) is 4.82. The highest BCUT2D eigenvalue weighted by atomic mass is 35.5. The Bertz CT molecular complexity index is 762. The molecule has 0 N–H and O–H groups in total. The van der Waals surface area contributed by atoms with Crippen molar-refractivity contribution in [2.24, 2.45) is 0 Å². The molecule has 1 saturated heterocycles. The molecule has 0 bridgehead atoms. The molecule has 26 heavy (non-hydrogen) atoms. The zero-order chi connectivity index (χ0) is 19.5. The summed E-state index contributed by atoms with van der Waals surface area (Å²) in [6.07, 6.45) is -2.16. The molecule has 5 nitrogen and oxygen atoms in total. The smallest absolute Gasteiger partial charge is 0.330 e. The van der Waals surface area contributed by atoms with Gasteiger partial charge in [-0.15, -0.1) is 0 Å². The van der Waals surface area contributed by atoms with Crippen LogP contribution in [0, 0.1) is 0 Å². The number of benzene rings is 1. The summed E-state index contributed by atoms with van der Waals surface area (Å²) in [5.74, 6) is -0.892. The van der Waals surface area contributed by atoms with Gasteiger partial charge in [0.15, 0.2) is 0 Å². The van der Waals surface area contributed by atoms with Crippen LogP contribution < -0.4 is 0 Å². The number of rotatable bonds is 5. The molecule has 146 valence electrons. The van der Waals surface area contributed by atoms with Gasteiger partial charge in [-0.1, -0.05) is 18.0 Å². The first-order valence-corrected chi connectivity index (χ1v) is 10.0. The molecule has 1 aliphatic heterocycles. The largest absolute Gasteiger partial charge is 0.406 e. The van der Waals surface area contributed by atoms with E-state index in [0.717, 1.165) is 25.3 Å². The van der Waals surface area contributed by atoms with Crippen molar-refractivity contribution >= 4 is 27.5 Å². The number of piperidine rings is 1. The van der Waals surface area contributed by atoms with Crippen LogP contribution in [0.25, 0.3) is 0 Å². The van der Waals surface area contributed by atoms with E-state index in [1.165, 1.54) is 23.4 Å². The summed E-state index contributed by atoms with van der Waals surface area (Å²) in [4.78, 5) is 12.8. The molecule has 1 fully saturated rings. The average molecular weight is 413 g/mol. The second kappa shape index (κ2) is 8.14. The lowest BCUT2D eigenvalue weighted by molar-refractivity contribution is -0.140. The molecule has 10 heteroatoms. The third-order valence-corrected chi connectivity index (χ3v) is 6.53. The summed E-state index contributed by atoms with van der Waals surface area (Å²) in [6.45, 7) is 0.567. The van der Waals surface area contributed by atoms with Crippen LogP contribution >= 0.6 is 11.6 Å². The quantitative estimate of drug-likeness (QED) is 0.743.